The molecule has 1 N–H and O–H groups in total. The maximum absolute atomic E-state index is 11.1. The lowest BCUT2D eigenvalue weighted by atomic mass is 10.2. The lowest BCUT2D eigenvalue weighted by Gasteiger charge is -2.14. The summed E-state index contributed by atoms with van der Waals surface area (Å²) in [7, 11) is -0.765. The molecule has 2 unspecified atom stereocenters. The van der Waals surface area contributed by atoms with E-state index in [1.807, 2.05) is 18.4 Å². The summed E-state index contributed by atoms with van der Waals surface area (Å²) in [5, 5.41) is 6.50. The van der Waals surface area contributed by atoms with Gasteiger partial charge < -0.3 is 5.32 Å². The number of hydrogen-bond acceptors (Lipinski definition) is 5. The summed E-state index contributed by atoms with van der Waals surface area (Å²) in [4.78, 5) is 9.26. The summed E-state index contributed by atoms with van der Waals surface area (Å²) in [5.74, 6) is 1.43. The van der Waals surface area contributed by atoms with E-state index in [2.05, 4.69) is 15.3 Å². The largest absolute Gasteiger partial charge is 0.367 e. The lowest BCUT2D eigenvalue weighted by molar-refractivity contribution is 0.678. The van der Waals surface area contributed by atoms with E-state index in [0.717, 1.165) is 22.5 Å². The van der Waals surface area contributed by atoms with Gasteiger partial charge in [0.2, 0.25) is 5.28 Å². The van der Waals surface area contributed by atoms with Gasteiger partial charge in [-0.3, -0.25) is 4.21 Å². The predicted molar refractivity (Wildman–Crippen MR) is 79.1 cm³/mol. The third-order valence-electron chi connectivity index (χ3n) is 2.52. The van der Waals surface area contributed by atoms with Crippen LogP contribution in [0, 0.1) is 0 Å². The Bertz CT molecular complexity index is 572. The van der Waals surface area contributed by atoms with Crippen LogP contribution >= 0.6 is 22.9 Å². The highest BCUT2D eigenvalue weighted by molar-refractivity contribution is 7.84. The van der Waals surface area contributed by atoms with Crippen LogP contribution < -0.4 is 5.32 Å². The number of halogens is 1. The Morgan fingerprint density at radius 2 is 2.33 bits per heavy atom. The molecule has 0 saturated carbocycles. The summed E-state index contributed by atoms with van der Waals surface area (Å²) in [6.45, 7) is 2.04. The van der Waals surface area contributed by atoms with Crippen LogP contribution in [0.4, 0.5) is 5.82 Å². The zero-order chi connectivity index (χ0) is 13.1. The molecule has 4 nitrogen and oxygen atoms in total. The van der Waals surface area contributed by atoms with Gasteiger partial charge in [-0.15, -0.1) is 11.3 Å². The molecule has 0 saturated heterocycles. The second-order valence-corrected chi connectivity index (χ2v) is 6.88. The van der Waals surface area contributed by atoms with Gasteiger partial charge in [-0.25, -0.2) is 9.97 Å². The average molecular weight is 304 g/mol. The lowest BCUT2D eigenvalue weighted by Crippen LogP contribution is -2.18. The van der Waals surface area contributed by atoms with Gasteiger partial charge in [0.05, 0.1) is 5.39 Å². The quantitative estimate of drug-likeness (QED) is 0.863. The molecule has 7 heteroatoms. The fourth-order valence-electron chi connectivity index (χ4n) is 1.59. The molecule has 0 spiro atoms. The van der Waals surface area contributed by atoms with Crippen molar-refractivity contribution in [1.29, 1.82) is 0 Å². The molecule has 0 bridgehead atoms. The van der Waals surface area contributed by atoms with E-state index in [9.17, 15) is 4.21 Å². The van der Waals surface area contributed by atoms with Crippen molar-refractivity contribution in [3.05, 3.63) is 16.7 Å². The van der Waals surface area contributed by atoms with Gasteiger partial charge in [0.15, 0.2) is 0 Å². The topological polar surface area (TPSA) is 54.9 Å². The maximum atomic E-state index is 11.1. The highest BCUT2D eigenvalue weighted by Gasteiger charge is 2.10. The van der Waals surface area contributed by atoms with Gasteiger partial charge in [0.1, 0.15) is 10.6 Å². The first-order valence-electron chi connectivity index (χ1n) is 5.53. The molecule has 0 fully saturated rings. The maximum Gasteiger partial charge on any atom is 0.225 e. The summed E-state index contributed by atoms with van der Waals surface area (Å²) in [6, 6.07) is 2.17. The molecule has 2 heterocycles. The Morgan fingerprint density at radius 1 is 1.56 bits per heavy atom. The smallest absolute Gasteiger partial charge is 0.225 e. The molecule has 0 radical (unpaired) electrons. The van der Waals surface area contributed by atoms with E-state index in [1.54, 1.807) is 6.26 Å². The molecule has 2 aromatic heterocycles. The van der Waals surface area contributed by atoms with E-state index >= 15 is 0 Å². The molecular weight excluding hydrogens is 290 g/mol. The van der Waals surface area contributed by atoms with Gasteiger partial charge in [-0.1, -0.05) is 0 Å². The van der Waals surface area contributed by atoms with Crippen molar-refractivity contribution in [2.75, 3.05) is 17.3 Å². The number of aromatic nitrogens is 2. The van der Waals surface area contributed by atoms with Crippen molar-refractivity contribution in [2.45, 2.75) is 19.4 Å². The SMILES string of the molecule is CC(CCS(C)=O)Nc1nc(Cl)nc2sccc12. The zero-order valence-corrected chi connectivity index (χ0v) is 12.5. The molecule has 2 atom stereocenters. The summed E-state index contributed by atoms with van der Waals surface area (Å²) in [5.41, 5.74) is 0. The van der Waals surface area contributed by atoms with Crippen molar-refractivity contribution in [3.63, 3.8) is 0 Å². The fourth-order valence-corrected chi connectivity index (χ4v) is 3.26. The van der Waals surface area contributed by atoms with E-state index in [1.165, 1.54) is 11.3 Å². The minimum Gasteiger partial charge on any atom is -0.367 e. The molecule has 98 valence electrons. The molecule has 0 amide bonds. The van der Waals surface area contributed by atoms with E-state index in [4.69, 9.17) is 11.6 Å². The van der Waals surface area contributed by atoms with E-state index in [-0.39, 0.29) is 11.3 Å². The van der Waals surface area contributed by atoms with Gasteiger partial charge in [0.25, 0.3) is 0 Å². The highest BCUT2D eigenvalue weighted by atomic mass is 35.5. The molecule has 0 aliphatic heterocycles. The number of nitrogens with one attached hydrogen (secondary N) is 1. The van der Waals surface area contributed by atoms with Gasteiger partial charge >= 0.3 is 0 Å². The number of anilines is 1. The van der Waals surface area contributed by atoms with Crippen LogP contribution in [0.5, 0.6) is 0 Å². The van der Waals surface area contributed by atoms with Crippen LogP contribution in [0.25, 0.3) is 10.2 Å². The highest BCUT2D eigenvalue weighted by Crippen LogP contribution is 2.26. The average Bonchev–Trinajstić information content (AvgIpc) is 2.74. The van der Waals surface area contributed by atoms with Crippen molar-refractivity contribution in [3.8, 4) is 0 Å². The number of fused-ring (bicyclic) bond motifs is 1. The van der Waals surface area contributed by atoms with E-state index < -0.39 is 10.8 Å². The molecule has 0 aromatic carbocycles. The van der Waals surface area contributed by atoms with Crippen molar-refractivity contribution in [2.24, 2.45) is 0 Å². The van der Waals surface area contributed by atoms with Gasteiger partial charge in [0, 0.05) is 28.9 Å². The second-order valence-electron chi connectivity index (χ2n) is 4.09. The number of thiophene rings is 1. The molecule has 2 aromatic rings. The Morgan fingerprint density at radius 3 is 3.06 bits per heavy atom. The molecule has 2 rings (SSSR count). The first kappa shape index (κ1) is 13.7. The number of hydrogen-bond donors (Lipinski definition) is 1. The third-order valence-corrected chi connectivity index (χ3v) is 4.31. The van der Waals surface area contributed by atoms with Crippen LogP contribution in [0.15, 0.2) is 11.4 Å². The van der Waals surface area contributed by atoms with Gasteiger partial charge in [-0.05, 0) is 36.4 Å². The number of rotatable bonds is 5. The second kappa shape index (κ2) is 5.95. The molecule has 0 aliphatic rings. The van der Waals surface area contributed by atoms with Crippen molar-refractivity contribution in [1.82, 2.24) is 9.97 Å². The first-order chi connectivity index (χ1) is 8.56. The summed E-state index contributed by atoms with van der Waals surface area (Å²) >= 11 is 7.42. The van der Waals surface area contributed by atoms with E-state index in [0.29, 0.717) is 5.75 Å². The minimum atomic E-state index is -0.765. The number of nitrogens with zero attached hydrogens (tertiary/aromatic N) is 2. The Labute approximate surface area is 117 Å². The predicted octanol–water partition coefficient (Wildman–Crippen LogP) is 2.91. The zero-order valence-electron chi connectivity index (χ0n) is 10.1. The van der Waals surface area contributed by atoms with Crippen LogP contribution in [0.3, 0.4) is 0 Å². The van der Waals surface area contributed by atoms with Crippen LogP contribution in [-0.4, -0.2) is 32.2 Å². The minimum absolute atomic E-state index is 0.197. The summed E-state index contributed by atoms with van der Waals surface area (Å²) in [6.07, 6.45) is 2.54. The fraction of sp³-hybridized carbons (Fsp3) is 0.455. The normalized spacial score (nSPS) is 14.6. The molecule has 0 aliphatic carbocycles. The Hall–Kier alpha value is -0.720. The summed E-state index contributed by atoms with van der Waals surface area (Å²) < 4.78 is 11.1. The van der Waals surface area contributed by atoms with Crippen LogP contribution in [0.1, 0.15) is 13.3 Å². The third kappa shape index (κ3) is 3.40. The van der Waals surface area contributed by atoms with Crippen molar-refractivity contribution >= 4 is 49.8 Å². The van der Waals surface area contributed by atoms with Crippen molar-refractivity contribution < 1.29 is 4.21 Å². The monoisotopic (exact) mass is 303 g/mol. The van der Waals surface area contributed by atoms with Crippen LogP contribution in [-0.2, 0) is 10.8 Å². The Kier molecular flexibility index (Phi) is 4.53. The van der Waals surface area contributed by atoms with Gasteiger partial charge in [-0.2, -0.15) is 0 Å². The van der Waals surface area contributed by atoms with Crippen LogP contribution in [0.2, 0.25) is 5.28 Å². The molecule has 18 heavy (non-hydrogen) atoms. The standard InChI is InChI=1S/C11H14ClN3OS2/c1-7(4-6-18(2)16)13-9-8-3-5-17-10(8)15-11(12)14-9/h3,5,7H,4,6H2,1-2H3,(H,13,14,15). The first-order valence-corrected chi connectivity index (χ1v) is 8.52. The Balaban J connectivity index is 2.15. The molecular formula is C11H14ClN3OS2.